The smallest absolute Gasteiger partial charge is 0.166 e. The lowest BCUT2D eigenvalue weighted by Crippen LogP contribution is -2.11. The fraction of sp³-hybridized carbons (Fsp3) is 0.255. The summed E-state index contributed by atoms with van der Waals surface area (Å²) < 4.78 is 0. The van der Waals surface area contributed by atoms with Crippen molar-refractivity contribution < 1.29 is 14.4 Å². The van der Waals surface area contributed by atoms with Crippen molar-refractivity contribution in [2.24, 2.45) is 5.92 Å². The lowest BCUT2D eigenvalue weighted by atomic mass is 9.85. The summed E-state index contributed by atoms with van der Waals surface area (Å²) >= 11 is 0. The number of carbonyl (C=O) groups excluding carboxylic acids is 3. The van der Waals surface area contributed by atoms with Crippen LogP contribution in [0.5, 0.6) is 0 Å². The molecule has 0 bridgehead atoms. The summed E-state index contributed by atoms with van der Waals surface area (Å²) in [5.41, 5.74) is 7.79. The molecule has 0 aliphatic heterocycles. The molecule has 7 rings (SSSR count). The first-order valence-corrected chi connectivity index (χ1v) is 17.9. The molecule has 0 radical (unpaired) electrons. The van der Waals surface area contributed by atoms with Gasteiger partial charge in [0.05, 0.1) is 0 Å². The van der Waals surface area contributed by atoms with Crippen LogP contribution in [0.1, 0.15) is 109 Å². The third-order valence-electron chi connectivity index (χ3n) is 9.18. The van der Waals surface area contributed by atoms with Crippen molar-refractivity contribution in [1.82, 2.24) is 0 Å². The molecule has 0 aromatic heterocycles. The Bertz CT molecular complexity index is 2090. The van der Waals surface area contributed by atoms with E-state index in [-0.39, 0.29) is 17.5 Å². The molecular weight excluding hydrogens is 613 g/mol. The predicted molar refractivity (Wildman–Crippen MR) is 214 cm³/mol. The molecule has 256 valence electrons. The van der Waals surface area contributed by atoms with Crippen LogP contribution in [0.15, 0.2) is 115 Å². The number of hydrogen-bond acceptors (Lipinski definition) is 3. The Morgan fingerprint density at radius 2 is 1.12 bits per heavy atom. The number of fused-ring (bicyclic) bond motifs is 3. The molecule has 0 heterocycles. The molecule has 0 amide bonds. The van der Waals surface area contributed by atoms with Gasteiger partial charge in [0, 0.05) is 39.8 Å². The topological polar surface area (TPSA) is 51.2 Å². The fourth-order valence-electron chi connectivity index (χ4n) is 6.27. The van der Waals surface area contributed by atoms with E-state index in [1.807, 2.05) is 40.7 Å². The Morgan fingerprint density at radius 1 is 0.640 bits per heavy atom. The highest BCUT2D eigenvalue weighted by Crippen LogP contribution is 2.41. The third-order valence-corrected chi connectivity index (χ3v) is 9.18. The quantitative estimate of drug-likeness (QED) is 0.132. The Morgan fingerprint density at radius 3 is 1.58 bits per heavy atom. The van der Waals surface area contributed by atoms with E-state index >= 15 is 0 Å². The first-order chi connectivity index (χ1) is 24.2. The molecule has 6 aromatic rings. The number of rotatable bonds is 6. The molecule has 1 saturated carbocycles. The van der Waals surface area contributed by atoms with Crippen LogP contribution >= 0.6 is 0 Å². The standard InChI is InChI=1S/C23H24O3.2C11H10.C2H6/c1-5-20(25)18-10-11-19(23(26)13(2)3)22-17(14(4)15-6-7-15)9-8-16(12-24)21(18)22;2*1-9-5-4-7-10-6-2-3-8-11(9)10;1-2/h8-13H,5-7H2,1-4H3;2*2-8H,1H3;1-2H3. The van der Waals surface area contributed by atoms with Crippen LogP contribution in [0, 0.1) is 19.8 Å². The van der Waals surface area contributed by atoms with Gasteiger partial charge < -0.3 is 0 Å². The maximum Gasteiger partial charge on any atom is 0.166 e. The zero-order valence-electron chi connectivity index (χ0n) is 30.9. The lowest BCUT2D eigenvalue weighted by molar-refractivity contribution is 0.0938. The number of carbonyl (C=O) groups is 3. The van der Waals surface area contributed by atoms with Crippen LogP contribution in [0.25, 0.3) is 37.9 Å². The van der Waals surface area contributed by atoms with Crippen LogP contribution < -0.4 is 0 Å². The van der Waals surface area contributed by atoms with Crippen molar-refractivity contribution in [2.75, 3.05) is 0 Å². The number of allylic oxidation sites excluding steroid dienone is 2. The van der Waals surface area contributed by atoms with E-state index in [2.05, 4.69) is 106 Å². The van der Waals surface area contributed by atoms with Crippen molar-refractivity contribution in [3.05, 3.63) is 148 Å². The number of hydrogen-bond donors (Lipinski definition) is 0. The number of aryl methyl sites for hydroxylation is 2. The largest absolute Gasteiger partial charge is 0.298 e. The fourth-order valence-corrected chi connectivity index (χ4v) is 6.27. The first kappa shape index (κ1) is 37.7. The summed E-state index contributed by atoms with van der Waals surface area (Å²) in [6.07, 6.45) is 3.28. The number of aldehydes is 1. The molecule has 0 N–H and O–H groups in total. The van der Waals surface area contributed by atoms with Crippen LogP contribution in [-0.4, -0.2) is 17.9 Å². The van der Waals surface area contributed by atoms with E-state index in [1.165, 1.54) is 38.2 Å². The molecule has 0 saturated heterocycles. The van der Waals surface area contributed by atoms with Gasteiger partial charge in [-0.3, -0.25) is 14.4 Å². The number of benzene rings is 6. The average Bonchev–Trinajstić information content (AvgIpc) is 4.01. The summed E-state index contributed by atoms with van der Waals surface area (Å²) in [6, 6.07) is 36.8. The molecule has 1 aliphatic carbocycles. The zero-order valence-corrected chi connectivity index (χ0v) is 30.9. The van der Waals surface area contributed by atoms with E-state index in [9.17, 15) is 14.4 Å². The molecule has 0 unspecified atom stereocenters. The highest BCUT2D eigenvalue weighted by molar-refractivity contribution is 6.21. The SMILES string of the molecule is CC.CCC(=O)c1ccc(C(=O)C(C)C)c2c(C(C)=C3CC3)ccc(C=O)c12.Cc1cccc2ccccc12.Cc1cccc2ccccc12. The van der Waals surface area contributed by atoms with E-state index in [4.69, 9.17) is 0 Å². The molecule has 3 heteroatoms. The monoisotopic (exact) mass is 662 g/mol. The van der Waals surface area contributed by atoms with Gasteiger partial charge in [0.25, 0.3) is 0 Å². The van der Waals surface area contributed by atoms with Crippen LogP contribution in [-0.2, 0) is 0 Å². The van der Waals surface area contributed by atoms with Gasteiger partial charge >= 0.3 is 0 Å². The van der Waals surface area contributed by atoms with Gasteiger partial charge in [0.2, 0.25) is 0 Å². The van der Waals surface area contributed by atoms with E-state index in [0.717, 1.165) is 35.7 Å². The average molecular weight is 663 g/mol. The Kier molecular flexibility index (Phi) is 13.2. The minimum atomic E-state index is -0.160. The highest BCUT2D eigenvalue weighted by atomic mass is 16.1. The summed E-state index contributed by atoms with van der Waals surface area (Å²) in [7, 11) is 0. The highest BCUT2D eigenvalue weighted by Gasteiger charge is 2.24. The molecule has 0 atom stereocenters. The first-order valence-electron chi connectivity index (χ1n) is 17.9. The molecule has 0 spiro atoms. The minimum Gasteiger partial charge on any atom is -0.298 e. The van der Waals surface area contributed by atoms with Crippen molar-refractivity contribution in [2.45, 2.75) is 74.7 Å². The second-order valence-electron chi connectivity index (χ2n) is 12.8. The van der Waals surface area contributed by atoms with Crippen molar-refractivity contribution in [3.8, 4) is 0 Å². The molecule has 1 aliphatic rings. The van der Waals surface area contributed by atoms with E-state index in [1.54, 1.807) is 18.2 Å². The summed E-state index contributed by atoms with van der Waals surface area (Å²) in [5.74, 6) is -0.147. The van der Waals surface area contributed by atoms with Crippen molar-refractivity contribution >= 4 is 55.7 Å². The number of Topliss-reactive ketones (excluding diaryl/α,β-unsaturated/α-hetero) is 2. The van der Waals surface area contributed by atoms with Crippen molar-refractivity contribution in [1.29, 1.82) is 0 Å². The van der Waals surface area contributed by atoms with Crippen LogP contribution in [0.4, 0.5) is 0 Å². The Hall–Kier alpha value is -5.15. The van der Waals surface area contributed by atoms with Crippen LogP contribution in [0.2, 0.25) is 0 Å². The van der Waals surface area contributed by atoms with Gasteiger partial charge in [-0.05, 0) is 77.4 Å². The van der Waals surface area contributed by atoms with Gasteiger partial charge in [-0.1, -0.05) is 149 Å². The van der Waals surface area contributed by atoms with Gasteiger partial charge in [0.1, 0.15) is 0 Å². The van der Waals surface area contributed by atoms with E-state index in [0.29, 0.717) is 28.5 Å². The Labute approximate surface area is 298 Å². The van der Waals surface area contributed by atoms with Crippen molar-refractivity contribution in [3.63, 3.8) is 0 Å². The molecule has 6 aromatic carbocycles. The maximum atomic E-state index is 12.9. The summed E-state index contributed by atoms with van der Waals surface area (Å²) in [5, 5.41) is 6.74. The maximum absolute atomic E-state index is 12.9. The third kappa shape index (κ3) is 8.52. The van der Waals surface area contributed by atoms with Gasteiger partial charge in [0.15, 0.2) is 17.9 Å². The van der Waals surface area contributed by atoms with E-state index < -0.39 is 0 Å². The molecule has 3 nitrogen and oxygen atoms in total. The predicted octanol–water partition coefficient (Wildman–Crippen LogP) is 13.0. The van der Waals surface area contributed by atoms with Crippen LogP contribution in [0.3, 0.4) is 0 Å². The van der Waals surface area contributed by atoms with Gasteiger partial charge in [-0.15, -0.1) is 0 Å². The zero-order chi connectivity index (χ0) is 36.4. The summed E-state index contributed by atoms with van der Waals surface area (Å²) in [4.78, 5) is 37.1. The summed E-state index contributed by atoms with van der Waals surface area (Å²) in [6.45, 7) is 15.9. The minimum absolute atomic E-state index is 0.0180. The lowest BCUT2D eigenvalue weighted by Gasteiger charge is -2.17. The molecule has 50 heavy (non-hydrogen) atoms. The second kappa shape index (κ2) is 17.5. The normalized spacial score (nSPS) is 11.5. The van der Waals surface area contributed by atoms with Gasteiger partial charge in [-0.25, -0.2) is 0 Å². The van der Waals surface area contributed by atoms with Gasteiger partial charge in [-0.2, -0.15) is 0 Å². The number of ketones is 2. The molecular formula is C47H50O3. The second-order valence-corrected chi connectivity index (χ2v) is 12.8. The Balaban J connectivity index is 0.000000191. The molecule has 1 fully saturated rings.